The van der Waals surface area contributed by atoms with Crippen molar-refractivity contribution in [1.82, 2.24) is 0 Å². The standard InChI is InChI=1S/C24H20ClFO/c1-2-7-22-23(24(22,26)18-12-14-19(25)15-13-18)17-8-6-11-21(16-17)27-20-9-4-3-5-10-20/h2-16,22-23H,1H3. The van der Waals surface area contributed by atoms with E-state index in [1.165, 1.54) is 0 Å². The summed E-state index contributed by atoms with van der Waals surface area (Å²) in [7, 11) is 0. The first-order valence-electron chi connectivity index (χ1n) is 9.03. The van der Waals surface area contributed by atoms with Gasteiger partial charge in [0.2, 0.25) is 0 Å². The van der Waals surface area contributed by atoms with Gasteiger partial charge in [-0.2, -0.15) is 0 Å². The molecule has 4 rings (SSSR count). The van der Waals surface area contributed by atoms with Crippen molar-refractivity contribution in [3.63, 3.8) is 0 Å². The summed E-state index contributed by atoms with van der Waals surface area (Å²) in [5, 5.41) is 0.611. The molecule has 1 saturated carbocycles. The van der Waals surface area contributed by atoms with Crippen molar-refractivity contribution in [2.45, 2.75) is 18.5 Å². The molecule has 3 aromatic carbocycles. The quantitative estimate of drug-likeness (QED) is 0.423. The first-order valence-corrected chi connectivity index (χ1v) is 9.41. The van der Waals surface area contributed by atoms with Crippen LogP contribution in [0.15, 0.2) is 91.0 Å². The number of rotatable bonds is 5. The molecule has 0 N–H and O–H groups in total. The molecule has 0 aliphatic heterocycles. The summed E-state index contributed by atoms with van der Waals surface area (Å²) >= 11 is 5.98. The molecule has 0 amide bonds. The molecular weight excluding hydrogens is 359 g/mol. The van der Waals surface area contributed by atoms with Gasteiger partial charge in [0.1, 0.15) is 17.2 Å². The third-order valence-corrected chi connectivity index (χ3v) is 5.32. The summed E-state index contributed by atoms with van der Waals surface area (Å²) in [6.07, 6.45) is 3.86. The van der Waals surface area contributed by atoms with Gasteiger partial charge in [0.25, 0.3) is 0 Å². The highest BCUT2D eigenvalue weighted by Crippen LogP contribution is 2.67. The normalized spacial score (nSPS) is 24.1. The molecule has 0 saturated heterocycles. The van der Waals surface area contributed by atoms with Crippen LogP contribution in [0.2, 0.25) is 5.02 Å². The largest absolute Gasteiger partial charge is 0.457 e. The van der Waals surface area contributed by atoms with Gasteiger partial charge in [-0.25, -0.2) is 4.39 Å². The van der Waals surface area contributed by atoms with Crippen LogP contribution in [0.5, 0.6) is 11.5 Å². The molecule has 27 heavy (non-hydrogen) atoms. The smallest absolute Gasteiger partial charge is 0.150 e. The predicted octanol–water partition coefficient (Wildman–Crippen LogP) is 7.29. The second-order valence-electron chi connectivity index (χ2n) is 6.79. The summed E-state index contributed by atoms with van der Waals surface area (Å²) in [6, 6.07) is 24.4. The third-order valence-electron chi connectivity index (χ3n) is 5.07. The Morgan fingerprint density at radius 3 is 2.33 bits per heavy atom. The van der Waals surface area contributed by atoms with E-state index in [2.05, 4.69) is 0 Å². The van der Waals surface area contributed by atoms with Crippen LogP contribution in [-0.4, -0.2) is 0 Å². The number of halogens is 2. The molecule has 3 aromatic rings. The van der Waals surface area contributed by atoms with Crippen LogP contribution in [0.1, 0.15) is 24.0 Å². The van der Waals surface area contributed by atoms with E-state index in [4.69, 9.17) is 16.3 Å². The molecule has 1 fully saturated rings. The summed E-state index contributed by atoms with van der Waals surface area (Å²) in [6.45, 7) is 1.92. The molecule has 0 bridgehead atoms. The maximum atomic E-state index is 16.0. The first kappa shape index (κ1) is 17.8. The van der Waals surface area contributed by atoms with Crippen LogP contribution in [0.4, 0.5) is 4.39 Å². The number of para-hydroxylation sites is 1. The zero-order chi connectivity index (χ0) is 18.9. The Kier molecular flexibility index (Phi) is 4.75. The van der Waals surface area contributed by atoms with Crippen molar-refractivity contribution in [3.05, 3.63) is 107 Å². The summed E-state index contributed by atoms with van der Waals surface area (Å²) in [5.41, 5.74) is 0.168. The van der Waals surface area contributed by atoms with Gasteiger partial charge in [0, 0.05) is 16.9 Å². The van der Waals surface area contributed by atoms with Crippen molar-refractivity contribution < 1.29 is 9.13 Å². The van der Waals surface area contributed by atoms with E-state index in [1.54, 1.807) is 24.3 Å². The van der Waals surface area contributed by atoms with Crippen LogP contribution < -0.4 is 4.74 Å². The number of allylic oxidation sites excluding steroid dienone is 2. The van der Waals surface area contributed by atoms with E-state index in [9.17, 15) is 0 Å². The number of alkyl halides is 1. The summed E-state index contributed by atoms with van der Waals surface area (Å²) in [4.78, 5) is 0. The number of ether oxygens (including phenoxy) is 1. The van der Waals surface area contributed by atoms with Crippen LogP contribution in [-0.2, 0) is 5.67 Å². The molecule has 1 aliphatic carbocycles. The van der Waals surface area contributed by atoms with Crippen molar-refractivity contribution in [3.8, 4) is 11.5 Å². The minimum atomic E-state index is -1.43. The maximum Gasteiger partial charge on any atom is 0.150 e. The van der Waals surface area contributed by atoms with Gasteiger partial charge >= 0.3 is 0 Å². The SMILES string of the molecule is CC=CC1C(c2cccc(Oc3ccccc3)c2)C1(F)c1ccc(Cl)cc1. The summed E-state index contributed by atoms with van der Waals surface area (Å²) in [5.74, 6) is 1.03. The van der Waals surface area contributed by atoms with Gasteiger partial charge in [-0.1, -0.05) is 66.2 Å². The average molecular weight is 379 g/mol. The Balaban J connectivity index is 1.65. The highest BCUT2D eigenvalue weighted by atomic mass is 35.5. The van der Waals surface area contributed by atoms with Crippen LogP contribution in [0.25, 0.3) is 0 Å². The monoisotopic (exact) mass is 378 g/mol. The van der Waals surface area contributed by atoms with Gasteiger partial charge in [-0.15, -0.1) is 0 Å². The zero-order valence-electron chi connectivity index (χ0n) is 15.0. The van der Waals surface area contributed by atoms with Gasteiger partial charge in [0.15, 0.2) is 0 Å². The minimum absolute atomic E-state index is 0.198. The fourth-order valence-corrected chi connectivity index (χ4v) is 3.89. The molecule has 1 aliphatic rings. The van der Waals surface area contributed by atoms with Crippen molar-refractivity contribution in [2.75, 3.05) is 0 Å². The minimum Gasteiger partial charge on any atom is -0.457 e. The van der Waals surface area contributed by atoms with E-state index in [0.29, 0.717) is 16.3 Å². The van der Waals surface area contributed by atoms with Gasteiger partial charge in [-0.3, -0.25) is 0 Å². The number of benzene rings is 3. The second-order valence-corrected chi connectivity index (χ2v) is 7.23. The van der Waals surface area contributed by atoms with E-state index in [1.807, 2.05) is 73.7 Å². The summed E-state index contributed by atoms with van der Waals surface area (Å²) < 4.78 is 21.9. The molecule has 0 radical (unpaired) electrons. The highest BCUT2D eigenvalue weighted by molar-refractivity contribution is 6.30. The molecule has 3 atom stereocenters. The van der Waals surface area contributed by atoms with Crippen LogP contribution in [0.3, 0.4) is 0 Å². The lowest BCUT2D eigenvalue weighted by Crippen LogP contribution is -2.03. The Morgan fingerprint density at radius 2 is 1.63 bits per heavy atom. The lowest BCUT2D eigenvalue weighted by Gasteiger charge is -2.10. The molecule has 0 aromatic heterocycles. The fraction of sp³-hybridized carbons (Fsp3) is 0.167. The van der Waals surface area contributed by atoms with Crippen molar-refractivity contribution in [2.24, 2.45) is 5.92 Å². The van der Waals surface area contributed by atoms with Gasteiger partial charge in [-0.05, 0) is 54.4 Å². The molecule has 136 valence electrons. The van der Waals surface area contributed by atoms with E-state index < -0.39 is 5.67 Å². The molecule has 1 nitrogen and oxygen atoms in total. The van der Waals surface area contributed by atoms with E-state index in [-0.39, 0.29) is 11.8 Å². The van der Waals surface area contributed by atoms with Crippen LogP contribution in [0, 0.1) is 5.92 Å². The zero-order valence-corrected chi connectivity index (χ0v) is 15.7. The van der Waals surface area contributed by atoms with Gasteiger partial charge in [0.05, 0.1) is 0 Å². The fourth-order valence-electron chi connectivity index (χ4n) is 3.76. The molecule has 3 heteroatoms. The van der Waals surface area contributed by atoms with Crippen LogP contribution >= 0.6 is 11.6 Å². The molecule has 0 spiro atoms. The van der Waals surface area contributed by atoms with E-state index >= 15 is 4.39 Å². The lowest BCUT2D eigenvalue weighted by molar-refractivity contribution is 0.291. The number of hydrogen-bond acceptors (Lipinski definition) is 1. The third kappa shape index (κ3) is 3.38. The van der Waals surface area contributed by atoms with Crippen molar-refractivity contribution >= 4 is 11.6 Å². The second kappa shape index (κ2) is 7.21. The predicted molar refractivity (Wildman–Crippen MR) is 108 cm³/mol. The molecular formula is C24H20ClFO. The highest BCUT2D eigenvalue weighted by Gasteiger charge is 2.66. The Hall–Kier alpha value is -2.58. The molecule has 0 heterocycles. The van der Waals surface area contributed by atoms with Crippen molar-refractivity contribution in [1.29, 1.82) is 0 Å². The van der Waals surface area contributed by atoms with E-state index in [0.717, 1.165) is 11.3 Å². The topological polar surface area (TPSA) is 9.23 Å². The Labute approximate surface area is 164 Å². The number of hydrogen-bond donors (Lipinski definition) is 0. The Bertz CT molecular complexity index is 952. The first-order chi connectivity index (χ1) is 13.1. The van der Waals surface area contributed by atoms with Gasteiger partial charge < -0.3 is 4.74 Å². The molecule has 3 unspecified atom stereocenters. The average Bonchev–Trinajstić information content (AvgIpc) is 3.28. The lowest BCUT2D eigenvalue weighted by atomic mass is 10.0. The Morgan fingerprint density at radius 1 is 0.926 bits per heavy atom. The maximum absolute atomic E-state index is 16.0.